The number of amides is 1. The van der Waals surface area contributed by atoms with Gasteiger partial charge in [-0.3, -0.25) is 9.63 Å². The van der Waals surface area contributed by atoms with Gasteiger partial charge in [-0.15, -0.1) is 0 Å². The van der Waals surface area contributed by atoms with Gasteiger partial charge in [-0.05, 0) is 45.1 Å². The second-order valence-electron chi connectivity index (χ2n) is 6.81. The summed E-state index contributed by atoms with van der Waals surface area (Å²) in [5.74, 6) is 0.450. The first-order valence-electron chi connectivity index (χ1n) is 7.64. The quantitative estimate of drug-likeness (QED) is 0.646. The van der Waals surface area contributed by atoms with E-state index in [9.17, 15) is 4.79 Å². The molecule has 2 rings (SSSR count). The summed E-state index contributed by atoms with van der Waals surface area (Å²) in [5.41, 5.74) is 1.02. The molecule has 1 saturated heterocycles. The molecule has 1 aliphatic rings. The van der Waals surface area contributed by atoms with Gasteiger partial charge in [0.25, 0.3) is 0 Å². The lowest BCUT2D eigenvalue weighted by Crippen LogP contribution is -2.36. The van der Waals surface area contributed by atoms with Gasteiger partial charge in [-0.2, -0.15) is 0 Å². The molecule has 116 valence electrons. The molecule has 2 unspecified atom stereocenters. The van der Waals surface area contributed by atoms with Crippen molar-refractivity contribution in [1.82, 2.24) is 10.4 Å². The number of hydrogen-bond donors (Lipinski definition) is 1. The van der Waals surface area contributed by atoms with E-state index in [-0.39, 0.29) is 5.60 Å². The third kappa shape index (κ3) is 5.48. The van der Waals surface area contributed by atoms with E-state index in [0.29, 0.717) is 18.5 Å². The summed E-state index contributed by atoms with van der Waals surface area (Å²) in [5, 5.41) is 4.99. The second kappa shape index (κ2) is 7.05. The molecule has 1 N–H and O–H groups in total. The minimum absolute atomic E-state index is 0.337. The summed E-state index contributed by atoms with van der Waals surface area (Å²) in [6.45, 7) is 7.45. The number of carbonyl (C=O) groups is 1. The van der Waals surface area contributed by atoms with E-state index in [1.54, 1.807) is 0 Å². The van der Waals surface area contributed by atoms with E-state index in [1.807, 2.05) is 26.8 Å². The highest BCUT2D eigenvalue weighted by atomic mass is 16.7. The summed E-state index contributed by atoms with van der Waals surface area (Å²) in [4.78, 5) is 16.8. The first-order valence-corrected chi connectivity index (χ1v) is 7.64. The molecule has 0 radical (unpaired) electrons. The molecule has 4 heteroatoms. The zero-order valence-corrected chi connectivity index (χ0v) is 13.2. The molecule has 0 bridgehead atoms. The van der Waals surface area contributed by atoms with E-state index in [4.69, 9.17) is 4.84 Å². The average molecular weight is 290 g/mol. The SMILES string of the molecule is CC(C)(C)ON(C=O)CC1CNC(Cc2ccccc2)C1. The predicted molar refractivity (Wildman–Crippen MR) is 83.7 cm³/mol. The predicted octanol–water partition coefficient (Wildman–Crippen LogP) is 2.40. The highest BCUT2D eigenvalue weighted by molar-refractivity contribution is 5.45. The van der Waals surface area contributed by atoms with Crippen LogP contribution in [0, 0.1) is 5.92 Å². The molecule has 21 heavy (non-hydrogen) atoms. The first-order chi connectivity index (χ1) is 9.96. The third-order valence-electron chi connectivity index (χ3n) is 3.58. The third-order valence-corrected chi connectivity index (χ3v) is 3.58. The largest absolute Gasteiger partial charge is 0.313 e. The standard InChI is InChI=1S/C17H26N2O2/c1-17(2,3)21-19(13-20)12-15-10-16(18-11-15)9-14-7-5-4-6-8-14/h4-8,13,15-16,18H,9-12H2,1-3H3. The molecule has 1 amide bonds. The molecule has 4 nitrogen and oxygen atoms in total. The highest BCUT2D eigenvalue weighted by Crippen LogP contribution is 2.20. The summed E-state index contributed by atoms with van der Waals surface area (Å²) < 4.78 is 0. The van der Waals surface area contributed by atoms with Gasteiger partial charge >= 0.3 is 0 Å². The molecule has 0 aliphatic carbocycles. The van der Waals surface area contributed by atoms with Crippen molar-refractivity contribution >= 4 is 6.41 Å². The van der Waals surface area contributed by atoms with Crippen LogP contribution in [0.25, 0.3) is 0 Å². The van der Waals surface area contributed by atoms with E-state index in [1.165, 1.54) is 10.6 Å². The summed E-state index contributed by atoms with van der Waals surface area (Å²) >= 11 is 0. The number of nitrogens with one attached hydrogen (secondary N) is 1. The molecular formula is C17H26N2O2. The highest BCUT2D eigenvalue weighted by Gasteiger charge is 2.27. The molecule has 1 fully saturated rings. The van der Waals surface area contributed by atoms with E-state index in [0.717, 1.165) is 25.8 Å². The van der Waals surface area contributed by atoms with Crippen LogP contribution in [-0.2, 0) is 16.1 Å². The Morgan fingerprint density at radius 3 is 2.67 bits per heavy atom. The van der Waals surface area contributed by atoms with Crippen LogP contribution in [0.1, 0.15) is 32.8 Å². The lowest BCUT2D eigenvalue weighted by Gasteiger charge is -2.28. The molecule has 1 aliphatic heterocycles. The second-order valence-corrected chi connectivity index (χ2v) is 6.81. The Kier molecular flexibility index (Phi) is 5.37. The van der Waals surface area contributed by atoms with Gasteiger partial charge in [-0.25, -0.2) is 5.06 Å². The number of carbonyl (C=O) groups excluding carboxylic acids is 1. The number of hydroxylamine groups is 2. The number of rotatable bonds is 6. The lowest BCUT2D eigenvalue weighted by molar-refractivity contribution is -0.219. The van der Waals surface area contributed by atoms with Crippen LogP contribution in [0.5, 0.6) is 0 Å². The van der Waals surface area contributed by atoms with Crippen molar-refractivity contribution < 1.29 is 9.63 Å². The number of benzene rings is 1. The van der Waals surface area contributed by atoms with Crippen molar-refractivity contribution in [2.45, 2.75) is 45.3 Å². The van der Waals surface area contributed by atoms with Crippen molar-refractivity contribution in [2.75, 3.05) is 13.1 Å². The van der Waals surface area contributed by atoms with Crippen LogP contribution in [0.15, 0.2) is 30.3 Å². The maximum atomic E-state index is 11.1. The van der Waals surface area contributed by atoms with Gasteiger partial charge in [-0.1, -0.05) is 30.3 Å². The maximum absolute atomic E-state index is 11.1. The van der Waals surface area contributed by atoms with E-state index in [2.05, 4.69) is 29.6 Å². The van der Waals surface area contributed by atoms with E-state index >= 15 is 0 Å². The smallest absolute Gasteiger partial charge is 0.233 e. The Morgan fingerprint density at radius 2 is 2.05 bits per heavy atom. The molecule has 0 aromatic heterocycles. The fraction of sp³-hybridized carbons (Fsp3) is 0.588. The lowest BCUT2D eigenvalue weighted by atomic mass is 10.00. The van der Waals surface area contributed by atoms with Gasteiger partial charge in [0.05, 0.1) is 12.1 Å². The Balaban J connectivity index is 1.80. The minimum Gasteiger partial charge on any atom is -0.313 e. The summed E-state index contributed by atoms with van der Waals surface area (Å²) in [6.07, 6.45) is 2.90. The van der Waals surface area contributed by atoms with Gasteiger partial charge in [0.15, 0.2) is 0 Å². The van der Waals surface area contributed by atoms with Gasteiger partial charge in [0.2, 0.25) is 6.41 Å². The number of nitrogens with zero attached hydrogens (tertiary/aromatic N) is 1. The van der Waals surface area contributed by atoms with Crippen molar-refractivity contribution in [3.8, 4) is 0 Å². The molecule has 0 spiro atoms. The van der Waals surface area contributed by atoms with Crippen LogP contribution >= 0.6 is 0 Å². The first kappa shape index (κ1) is 16.0. The molecule has 2 atom stereocenters. The van der Waals surface area contributed by atoms with Crippen LogP contribution in [0.3, 0.4) is 0 Å². The Hall–Kier alpha value is -1.39. The Bertz CT molecular complexity index is 442. The van der Waals surface area contributed by atoms with Crippen LogP contribution in [0.4, 0.5) is 0 Å². The Labute approximate surface area is 127 Å². The molecule has 1 heterocycles. The topological polar surface area (TPSA) is 41.6 Å². The minimum atomic E-state index is -0.337. The monoisotopic (exact) mass is 290 g/mol. The average Bonchev–Trinajstić information content (AvgIpc) is 2.85. The Morgan fingerprint density at radius 1 is 1.33 bits per heavy atom. The zero-order chi connectivity index (χ0) is 15.3. The molecule has 1 aromatic carbocycles. The molecule has 0 saturated carbocycles. The van der Waals surface area contributed by atoms with Crippen molar-refractivity contribution in [3.05, 3.63) is 35.9 Å². The van der Waals surface area contributed by atoms with Crippen molar-refractivity contribution in [3.63, 3.8) is 0 Å². The van der Waals surface area contributed by atoms with Crippen LogP contribution in [0.2, 0.25) is 0 Å². The van der Waals surface area contributed by atoms with Gasteiger partial charge in [0.1, 0.15) is 0 Å². The molecular weight excluding hydrogens is 264 g/mol. The van der Waals surface area contributed by atoms with Gasteiger partial charge in [0, 0.05) is 12.6 Å². The van der Waals surface area contributed by atoms with Crippen molar-refractivity contribution in [1.29, 1.82) is 0 Å². The fourth-order valence-electron chi connectivity index (χ4n) is 2.80. The van der Waals surface area contributed by atoms with Crippen molar-refractivity contribution in [2.24, 2.45) is 5.92 Å². The van der Waals surface area contributed by atoms with Crippen LogP contribution in [-0.4, -0.2) is 36.2 Å². The normalized spacial score (nSPS) is 22.2. The maximum Gasteiger partial charge on any atom is 0.233 e. The fourth-order valence-corrected chi connectivity index (χ4v) is 2.80. The van der Waals surface area contributed by atoms with Crippen LogP contribution < -0.4 is 5.32 Å². The summed E-state index contributed by atoms with van der Waals surface area (Å²) in [7, 11) is 0. The van der Waals surface area contributed by atoms with Gasteiger partial charge < -0.3 is 5.32 Å². The molecule has 1 aromatic rings. The van der Waals surface area contributed by atoms with E-state index < -0.39 is 0 Å². The zero-order valence-electron chi connectivity index (χ0n) is 13.2. The summed E-state index contributed by atoms with van der Waals surface area (Å²) in [6, 6.07) is 11.0. The number of hydrogen-bond acceptors (Lipinski definition) is 3.